The largest absolute Gasteiger partial charge is 0.351 e. The molecule has 1 aromatic carbocycles. The Hall–Kier alpha value is -1.40. The lowest BCUT2D eigenvalue weighted by atomic mass is 10.0. The Balaban J connectivity index is 1.88. The first-order chi connectivity index (χ1) is 10.5. The average molecular weight is 324 g/mol. The quantitative estimate of drug-likeness (QED) is 0.870. The third-order valence-electron chi connectivity index (χ3n) is 4.08. The number of rotatable bonds is 6. The molecule has 6 heteroatoms. The van der Waals surface area contributed by atoms with E-state index in [0.717, 1.165) is 25.7 Å². The van der Waals surface area contributed by atoms with Gasteiger partial charge in [0, 0.05) is 24.7 Å². The molecule has 1 fully saturated rings. The summed E-state index contributed by atoms with van der Waals surface area (Å²) in [5.41, 5.74) is 0.546. The highest BCUT2D eigenvalue weighted by Crippen LogP contribution is 2.22. The molecule has 1 atom stereocenters. The van der Waals surface area contributed by atoms with E-state index in [9.17, 15) is 13.2 Å². The maximum atomic E-state index is 12.4. The molecule has 22 heavy (non-hydrogen) atoms. The standard InChI is InChI=1S/C16H24N2O3S/c1-2-15-10-6-7-12-18(15)22(20,21)13-11-17-16(19)14-8-4-3-5-9-14/h3-5,8-9,15H,2,6-7,10-13H2,1H3,(H,17,19)/t15-/m1/s1. The fourth-order valence-electron chi connectivity index (χ4n) is 2.85. The van der Waals surface area contributed by atoms with Crippen molar-refractivity contribution in [3.05, 3.63) is 35.9 Å². The number of hydrogen-bond acceptors (Lipinski definition) is 3. The molecule has 1 heterocycles. The van der Waals surface area contributed by atoms with Crippen LogP contribution in [0.3, 0.4) is 0 Å². The van der Waals surface area contributed by atoms with Crippen molar-refractivity contribution in [1.29, 1.82) is 0 Å². The number of hydrogen-bond donors (Lipinski definition) is 1. The van der Waals surface area contributed by atoms with Crippen LogP contribution in [0.15, 0.2) is 30.3 Å². The summed E-state index contributed by atoms with van der Waals surface area (Å²) < 4.78 is 26.5. The second-order valence-electron chi connectivity index (χ2n) is 5.61. The van der Waals surface area contributed by atoms with Crippen molar-refractivity contribution in [2.75, 3.05) is 18.8 Å². The highest BCUT2D eigenvalue weighted by atomic mass is 32.2. The van der Waals surface area contributed by atoms with Gasteiger partial charge in [-0.1, -0.05) is 31.5 Å². The minimum absolute atomic E-state index is 0.0396. The average Bonchev–Trinajstić information content (AvgIpc) is 2.55. The zero-order valence-corrected chi connectivity index (χ0v) is 13.8. The Morgan fingerprint density at radius 1 is 1.27 bits per heavy atom. The van der Waals surface area contributed by atoms with Crippen LogP contribution in [-0.4, -0.2) is 43.5 Å². The number of piperidine rings is 1. The molecule has 1 aliphatic heterocycles. The Morgan fingerprint density at radius 2 is 2.00 bits per heavy atom. The lowest BCUT2D eigenvalue weighted by Crippen LogP contribution is -2.46. The molecule has 1 N–H and O–H groups in total. The minimum Gasteiger partial charge on any atom is -0.351 e. The molecule has 0 unspecified atom stereocenters. The van der Waals surface area contributed by atoms with Gasteiger partial charge in [-0.15, -0.1) is 0 Å². The van der Waals surface area contributed by atoms with Crippen molar-refractivity contribution in [2.24, 2.45) is 0 Å². The van der Waals surface area contributed by atoms with Crippen LogP contribution in [0.2, 0.25) is 0 Å². The molecule has 1 aliphatic rings. The molecule has 1 aromatic rings. The number of nitrogens with zero attached hydrogens (tertiary/aromatic N) is 1. The minimum atomic E-state index is -3.30. The van der Waals surface area contributed by atoms with E-state index in [1.807, 2.05) is 13.0 Å². The number of carbonyl (C=O) groups excluding carboxylic acids is 1. The number of sulfonamides is 1. The van der Waals surface area contributed by atoms with Gasteiger partial charge in [0.1, 0.15) is 0 Å². The zero-order valence-electron chi connectivity index (χ0n) is 13.0. The monoisotopic (exact) mass is 324 g/mol. The molecule has 0 aliphatic carbocycles. The summed E-state index contributed by atoms with van der Waals surface area (Å²) in [6, 6.07) is 8.94. The predicted molar refractivity (Wildman–Crippen MR) is 87.2 cm³/mol. The Labute approximate surface area is 132 Å². The highest BCUT2D eigenvalue weighted by molar-refractivity contribution is 7.89. The van der Waals surface area contributed by atoms with E-state index in [0.29, 0.717) is 12.1 Å². The Kier molecular flexibility index (Phi) is 5.97. The van der Waals surface area contributed by atoms with Crippen molar-refractivity contribution in [3.8, 4) is 0 Å². The SMILES string of the molecule is CC[C@@H]1CCCCN1S(=O)(=O)CCNC(=O)c1ccccc1. The van der Waals surface area contributed by atoms with Gasteiger partial charge in [0.2, 0.25) is 10.0 Å². The van der Waals surface area contributed by atoms with Crippen molar-refractivity contribution < 1.29 is 13.2 Å². The van der Waals surface area contributed by atoms with E-state index in [1.165, 1.54) is 0 Å². The molecule has 0 bridgehead atoms. The first-order valence-corrected chi connectivity index (χ1v) is 9.48. The summed E-state index contributed by atoms with van der Waals surface area (Å²) >= 11 is 0. The molecule has 5 nitrogen and oxygen atoms in total. The molecular weight excluding hydrogens is 300 g/mol. The third-order valence-corrected chi connectivity index (χ3v) is 6.00. The number of carbonyl (C=O) groups is 1. The van der Waals surface area contributed by atoms with E-state index in [-0.39, 0.29) is 24.2 Å². The summed E-state index contributed by atoms with van der Waals surface area (Å²) in [4.78, 5) is 11.9. The lowest BCUT2D eigenvalue weighted by molar-refractivity contribution is 0.0956. The molecule has 0 aromatic heterocycles. The first kappa shape index (κ1) is 17.0. The second kappa shape index (κ2) is 7.74. The van der Waals surface area contributed by atoms with Gasteiger partial charge < -0.3 is 5.32 Å². The molecule has 0 saturated carbocycles. The number of nitrogens with one attached hydrogen (secondary N) is 1. The van der Waals surface area contributed by atoms with Crippen LogP contribution < -0.4 is 5.32 Å². The molecule has 0 radical (unpaired) electrons. The van der Waals surface area contributed by atoms with E-state index < -0.39 is 10.0 Å². The van der Waals surface area contributed by atoms with E-state index in [4.69, 9.17) is 0 Å². The van der Waals surface area contributed by atoms with Gasteiger partial charge in [0.05, 0.1) is 5.75 Å². The van der Waals surface area contributed by atoms with Gasteiger partial charge >= 0.3 is 0 Å². The predicted octanol–water partition coefficient (Wildman–Crippen LogP) is 2.01. The van der Waals surface area contributed by atoms with Crippen LogP contribution in [0, 0.1) is 0 Å². The van der Waals surface area contributed by atoms with Crippen LogP contribution in [0.1, 0.15) is 43.0 Å². The molecule has 1 amide bonds. The molecule has 122 valence electrons. The summed E-state index contributed by atoms with van der Waals surface area (Å²) in [6.45, 7) is 2.77. The fourth-order valence-corrected chi connectivity index (χ4v) is 4.56. The third kappa shape index (κ3) is 4.30. The summed E-state index contributed by atoms with van der Waals surface area (Å²) in [5.74, 6) is -0.274. The first-order valence-electron chi connectivity index (χ1n) is 7.87. The number of benzene rings is 1. The van der Waals surface area contributed by atoms with Gasteiger partial charge in [-0.25, -0.2) is 8.42 Å². The molecule has 2 rings (SSSR count). The fraction of sp³-hybridized carbons (Fsp3) is 0.562. The second-order valence-corrected chi connectivity index (χ2v) is 7.65. The van der Waals surface area contributed by atoms with Crippen LogP contribution in [-0.2, 0) is 10.0 Å². The number of amides is 1. The van der Waals surface area contributed by atoms with Gasteiger partial charge in [-0.05, 0) is 31.4 Å². The highest BCUT2D eigenvalue weighted by Gasteiger charge is 2.30. The van der Waals surface area contributed by atoms with Gasteiger partial charge in [-0.3, -0.25) is 4.79 Å². The summed E-state index contributed by atoms with van der Waals surface area (Å²) in [7, 11) is -3.30. The zero-order chi connectivity index (χ0) is 16.0. The van der Waals surface area contributed by atoms with Gasteiger partial charge in [-0.2, -0.15) is 4.31 Å². The topological polar surface area (TPSA) is 66.5 Å². The molecule has 1 saturated heterocycles. The van der Waals surface area contributed by atoms with Crippen molar-refractivity contribution in [2.45, 2.75) is 38.6 Å². The van der Waals surface area contributed by atoms with E-state index in [1.54, 1.807) is 28.6 Å². The van der Waals surface area contributed by atoms with Crippen molar-refractivity contribution in [3.63, 3.8) is 0 Å². The summed E-state index contributed by atoms with van der Waals surface area (Å²) in [6.07, 6.45) is 3.79. The Morgan fingerprint density at radius 3 is 2.68 bits per heavy atom. The summed E-state index contributed by atoms with van der Waals surface area (Å²) in [5, 5.41) is 2.68. The maximum Gasteiger partial charge on any atom is 0.251 e. The smallest absolute Gasteiger partial charge is 0.251 e. The van der Waals surface area contributed by atoms with Gasteiger partial charge in [0.25, 0.3) is 5.91 Å². The van der Waals surface area contributed by atoms with Crippen LogP contribution in [0.25, 0.3) is 0 Å². The van der Waals surface area contributed by atoms with Crippen LogP contribution in [0.4, 0.5) is 0 Å². The van der Waals surface area contributed by atoms with Crippen LogP contribution in [0.5, 0.6) is 0 Å². The van der Waals surface area contributed by atoms with E-state index in [2.05, 4.69) is 5.32 Å². The normalized spacial score (nSPS) is 19.8. The van der Waals surface area contributed by atoms with Crippen molar-refractivity contribution in [1.82, 2.24) is 9.62 Å². The molecule has 0 spiro atoms. The maximum absolute atomic E-state index is 12.4. The van der Waals surface area contributed by atoms with Crippen LogP contribution >= 0.6 is 0 Å². The molecular formula is C16H24N2O3S. The van der Waals surface area contributed by atoms with Gasteiger partial charge in [0.15, 0.2) is 0 Å². The van der Waals surface area contributed by atoms with Crippen molar-refractivity contribution >= 4 is 15.9 Å². The lowest BCUT2D eigenvalue weighted by Gasteiger charge is -2.34. The Bertz CT molecular complexity index is 587. The van der Waals surface area contributed by atoms with E-state index >= 15 is 0 Å².